The first-order valence-electron chi connectivity index (χ1n) is 8.54. The van der Waals surface area contributed by atoms with E-state index < -0.39 is 24.0 Å². The molecule has 2 atom stereocenters. The summed E-state index contributed by atoms with van der Waals surface area (Å²) < 4.78 is 10.4. The van der Waals surface area contributed by atoms with E-state index in [1.807, 2.05) is 37.3 Å². The third-order valence-corrected chi connectivity index (χ3v) is 4.08. The monoisotopic (exact) mass is 366 g/mol. The molecule has 0 bridgehead atoms. The quantitative estimate of drug-likeness (QED) is 0.761. The maximum absolute atomic E-state index is 12.6. The van der Waals surface area contributed by atoms with Gasteiger partial charge in [-0.05, 0) is 31.5 Å². The largest absolute Gasteiger partial charge is 0.480 e. The van der Waals surface area contributed by atoms with Crippen molar-refractivity contribution in [1.29, 1.82) is 5.26 Å². The van der Waals surface area contributed by atoms with Gasteiger partial charge in [0.25, 0.3) is 5.91 Å². The standard InChI is InChI=1S/C21H22N2O4/c1-14-8-10-16(11-9-14)18(12-20(24)26-3)23-21(25)15(2)27-19-7-5-4-6-17(19)13-22/h4-11,15,18H,12H2,1-3H3,(H,23,25). The van der Waals surface area contributed by atoms with Gasteiger partial charge in [0.15, 0.2) is 6.10 Å². The summed E-state index contributed by atoms with van der Waals surface area (Å²) in [6.07, 6.45) is -0.836. The zero-order chi connectivity index (χ0) is 19.8. The molecule has 0 aliphatic rings. The number of nitrogens with zero attached hydrogens (tertiary/aromatic N) is 1. The van der Waals surface area contributed by atoms with Gasteiger partial charge in [-0.25, -0.2) is 0 Å². The molecule has 1 N–H and O–H groups in total. The number of aryl methyl sites for hydroxylation is 1. The summed E-state index contributed by atoms with van der Waals surface area (Å²) in [5.41, 5.74) is 2.22. The number of benzene rings is 2. The molecule has 6 heteroatoms. The van der Waals surface area contributed by atoms with Gasteiger partial charge in [-0.15, -0.1) is 0 Å². The smallest absolute Gasteiger partial charge is 0.307 e. The highest BCUT2D eigenvalue weighted by molar-refractivity contribution is 5.82. The maximum atomic E-state index is 12.6. The Kier molecular flexibility index (Phi) is 6.95. The first-order valence-corrected chi connectivity index (χ1v) is 8.54. The fourth-order valence-corrected chi connectivity index (χ4v) is 2.50. The van der Waals surface area contributed by atoms with Gasteiger partial charge < -0.3 is 14.8 Å². The second-order valence-corrected chi connectivity index (χ2v) is 6.12. The molecule has 0 radical (unpaired) electrons. The molecule has 1 amide bonds. The Morgan fingerprint density at radius 2 is 1.81 bits per heavy atom. The van der Waals surface area contributed by atoms with Crippen molar-refractivity contribution in [3.05, 3.63) is 65.2 Å². The Balaban J connectivity index is 2.13. The van der Waals surface area contributed by atoms with Crippen LogP contribution in [0.3, 0.4) is 0 Å². The van der Waals surface area contributed by atoms with Gasteiger partial charge in [0.2, 0.25) is 0 Å². The van der Waals surface area contributed by atoms with Crippen molar-refractivity contribution in [1.82, 2.24) is 5.32 Å². The molecular weight excluding hydrogens is 344 g/mol. The van der Waals surface area contributed by atoms with Gasteiger partial charge in [-0.1, -0.05) is 42.0 Å². The van der Waals surface area contributed by atoms with Gasteiger partial charge in [0, 0.05) is 0 Å². The number of hydrogen-bond acceptors (Lipinski definition) is 5. The highest BCUT2D eigenvalue weighted by Gasteiger charge is 2.23. The van der Waals surface area contributed by atoms with Gasteiger partial charge in [-0.2, -0.15) is 5.26 Å². The second-order valence-electron chi connectivity index (χ2n) is 6.12. The highest BCUT2D eigenvalue weighted by atomic mass is 16.5. The summed E-state index contributed by atoms with van der Waals surface area (Å²) in [6, 6.07) is 15.7. The van der Waals surface area contributed by atoms with Crippen molar-refractivity contribution in [2.75, 3.05) is 7.11 Å². The van der Waals surface area contributed by atoms with Gasteiger partial charge in [-0.3, -0.25) is 9.59 Å². The lowest BCUT2D eigenvalue weighted by Gasteiger charge is -2.22. The molecule has 2 unspecified atom stereocenters. The zero-order valence-electron chi connectivity index (χ0n) is 15.6. The molecule has 0 aliphatic heterocycles. The number of hydrogen-bond donors (Lipinski definition) is 1. The molecule has 0 aliphatic carbocycles. The minimum Gasteiger partial charge on any atom is -0.480 e. The molecule has 2 aromatic carbocycles. The minimum absolute atomic E-state index is 0.00675. The van der Waals surface area contributed by atoms with Crippen LogP contribution in [-0.2, 0) is 14.3 Å². The Hall–Kier alpha value is -3.33. The van der Waals surface area contributed by atoms with Crippen LogP contribution in [0, 0.1) is 18.3 Å². The Bertz CT molecular complexity index is 840. The van der Waals surface area contributed by atoms with E-state index in [9.17, 15) is 9.59 Å². The third-order valence-electron chi connectivity index (χ3n) is 4.08. The van der Waals surface area contributed by atoms with Crippen LogP contribution in [0.25, 0.3) is 0 Å². The van der Waals surface area contributed by atoms with Crippen LogP contribution in [0.15, 0.2) is 48.5 Å². The molecular formula is C21H22N2O4. The normalized spacial score (nSPS) is 12.4. The van der Waals surface area contributed by atoms with Crippen LogP contribution in [0.5, 0.6) is 5.75 Å². The number of rotatable bonds is 7. The van der Waals surface area contributed by atoms with Crippen molar-refractivity contribution in [3.8, 4) is 11.8 Å². The van der Waals surface area contributed by atoms with E-state index in [0.717, 1.165) is 11.1 Å². The van der Waals surface area contributed by atoms with E-state index in [4.69, 9.17) is 14.7 Å². The van der Waals surface area contributed by atoms with Crippen LogP contribution in [0.1, 0.15) is 36.1 Å². The SMILES string of the molecule is COC(=O)CC(NC(=O)C(C)Oc1ccccc1C#N)c1ccc(C)cc1. The highest BCUT2D eigenvalue weighted by Crippen LogP contribution is 2.21. The predicted octanol–water partition coefficient (Wildman–Crippen LogP) is 3.05. The first kappa shape index (κ1) is 20.0. The minimum atomic E-state index is -0.843. The van der Waals surface area contributed by atoms with E-state index >= 15 is 0 Å². The number of esters is 1. The average Bonchev–Trinajstić information content (AvgIpc) is 2.68. The molecule has 0 saturated heterocycles. The Morgan fingerprint density at radius 1 is 1.15 bits per heavy atom. The van der Waals surface area contributed by atoms with Crippen molar-refractivity contribution in [3.63, 3.8) is 0 Å². The topological polar surface area (TPSA) is 88.4 Å². The number of carbonyl (C=O) groups excluding carboxylic acids is 2. The fourth-order valence-electron chi connectivity index (χ4n) is 2.50. The average molecular weight is 366 g/mol. The lowest BCUT2D eigenvalue weighted by molar-refractivity contribution is -0.141. The molecule has 140 valence electrons. The zero-order valence-corrected chi connectivity index (χ0v) is 15.6. The molecule has 27 heavy (non-hydrogen) atoms. The molecule has 2 aromatic rings. The van der Waals surface area contributed by atoms with E-state index in [0.29, 0.717) is 11.3 Å². The predicted molar refractivity (Wildman–Crippen MR) is 99.9 cm³/mol. The van der Waals surface area contributed by atoms with E-state index in [-0.39, 0.29) is 6.42 Å². The molecule has 0 spiro atoms. The van der Waals surface area contributed by atoms with Crippen LogP contribution in [0.2, 0.25) is 0 Å². The third kappa shape index (κ3) is 5.58. The van der Waals surface area contributed by atoms with Crippen molar-refractivity contribution >= 4 is 11.9 Å². The Labute approximate surface area is 158 Å². The lowest BCUT2D eigenvalue weighted by Crippen LogP contribution is -2.39. The van der Waals surface area contributed by atoms with Gasteiger partial charge >= 0.3 is 5.97 Å². The van der Waals surface area contributed by atoms with Crippen molar-refractivity contribution < 1.29 is 19.1 Å². The lowest BCUT2D eigenvalue weighted by atomic mass is 10.0. The molecule has 0 fully saturated rings. The van der Waals surface area contributed by atoms with E-state index in [1.165, 1.54) is 7.11 Å². The number of amides is 1. The molecule has 0 heterocycles. The molecule has 2 rings (SSSR count). The first-order chi connectivity index (χ1) is 12.9. The molecule has 6 nitrogen and oxygen atoms in total. The summed E-state index contributed by atoms with van der Waals surface area (Å²) >= 11 is 0. The van der Waals surface area contributed by atoms with Crippen LogP contribution >= 0.6 is 0 Å². The molecule has 0 saturated carbocycles. The van der Waals surface area contributed by atoms with Gasteiger partial charge in [0.05, 0.1) is 25.1 Å². The van der Waals surface area contributed by atoms with E-state index in [2.05, 4.69) is 5.32 Å². The number of methoxy groups -OCH3 is 1. The number of nitrogens with one attached hydrogen (secondary N) is 1. The van der Waals surface area contributed by atoms with Gasteiger partial charge in [0.1, 0.15) is 11.8 Å². The van der Waals surface area contributed by atoms with Crippen molar-refractivity contribution in [2.45, 2.75) is 32.4 Å². The van der Waals surface area contributed by atoms with Crippen LogP contribution in [-0.4, -0.2) is 25.1 Å². The Morgan fingerprint density at radius 3 is 2.44 bits per heavy atom. The number of para-hydroxylation sites is 1. The van der Waals surface area contributed by atoms with Crippen molar-refractivity contribution in [2.24, 2.45) is 0 Å². The summed E-state index contributed by atoms with van der Waals surface area (Å²) in [4.78, 5) is 24.3. The maximum Gasteiger partial charge on any atom is 0.307 e. The summed E-state index contributed by atoms with van der Waals surface area (Å²) in [5, 5.41) is 12.0. The number of ether oxygens (including phenoxy) is 2. The van der Waals surface area contributed by atoms with E-state index in [1.54, 1.807) is 31.2 Å². The number of carbonyl (C=O) groups is 2. The summed E-state index contributed by atoms with van der Waals surface area (Å²) in [6.45, 7) is 3.55. The second kappa shape index (κ2) is 9.39. The fraction of sp³-hybridized carbons (Fsp3) is 0.286. The van der Waals surface area contributed by atoms with Crippen LogP contribution in [0.4, 0.5) is 0 Å². The number of nitriles is 1. The molecule has 0 aromatic heterocycles. The summed E-state index contributed by atoms with van der Waals surface area (Å²) in [7, 11) is 1.31. The summed E-state index contributed by atoms with van der Waals surface area (Å²) in [5.74, 6) is -0.482. The van der Waals surface area contributed by atoms with Crippen LogP contribution < -0.4 is 10.1 Å².